The third kappa shape index (κ3) is 7.88. The second-order valence-electron chi connectivity index (χ2n) is 8.48. The van der Waals surface area contributed by atoms with E-state index in [-0.39, 0.29) is 35.0 Å². The highest BCUT2D eigenvalue weighted by Gasteiger charge is 2.39. The van der Waals surface area contributed by atoms with Crippen molar-refractivity contribution in [3.05, 3.63) is 17.7 Å². The molecule has 1 heterocycles. The highest BCUT2D eigenvalue weighted by molar-refractivity contribution is 6.02. The van der Waals surface area contributed by atoms with Gasteiger partial charge in [0.1, 0.15) is 22.8 Å². The number of hydrogen-bond acceptors (Lipinski definition) is 5. The molecule has 0 aromatic heterocycles. The lowest BCUT2D eigenvalue weighted by Crippen LogP contribution is -2.41. The number of ether oxygens (including phenoxy) is 1. The van der Waals surface area contributed by atoms with E-state index in [9.17, 15) is 20.1 Å². The van der Waals surface area contributed by atoms with Crippen molar-refractivity contribution in [2.45, 2.75) is 109 Å². The van der Waals surface area contributed by atoms with Crippen molar-refractivity contribution < 1.29 is 24.9 Å². The van der Waals surface area contributed by atoms with Gasteiger partial charge in [-0.15, -0.1) is 0 Å². The molecule has 1 aromatic carbocycles. The van der Waals surface area contributed by atoms with E-state index in [1.54, 1.807) is 0 Å². The Bertz CT molecular complexity index is 642. The predicted molar refractivity (Wildman–Crippen MR) is 115 cm³/mol. The molecule has 0 aliphatic carbocycles. The van der Waals surface area contributed by atoms with Crippen LogP contribution in [0.25, 0.3) is 0 Å². The molecule has 1 atom stereocenters. The van der Waals surface area contributed by atoms with Crippen molar-refractivity contribution in [1.29, 1.82) is 0 Å². The van der Waals surface area contributed by atoms with Crippen LogP contribution in [0.5, 0.6) is 17.2 Å². The van der Waals surface area contributed by atoms with Gasteiger partial charge in [0.15, 0.2) is 5.78 Å². The number of ketones is 1. The summed E-state index contributed by atoms with van der Waals surface area (Å²) in [5.41, 5.74) is 0.0397. The zero-order valence-electron chi connectivity index (χ0n) is 17.9. The van der Waals surface area contributed by atoms with Crippen LogP contribution in [0.2, 0.25) is 0 Å². The molecule has 1 aliphatic heterocycles. The van der Waals surface area contributed by atoms with Crippen molar-refractivity contribution in [3.8, 4) is 17.2 Å². The first-order chi connectivity index (χ1) is 13.9. The average molecular weight is 407 g/mol. The van der Waals surface area contributed by atoms with Crippen molar-refractivity contribution >= 4 is 5.78 Å². The van der Waals surface area contributed by atoms with Crippen molar-refractivity contribution in [1.82, 2.24) is 0 Å². The first-order valence-corrected chi connectivity index (χ1v) is 11.5. The fraction of sp³-hybridized carbons (Fsp3) is 0.708. The largest absolute Gasteiger partial charge is 0.508 e. The lowest BCUT2D eigenvalue weighted by Gasteiger charge is -2.33. The van der Waals surface area contributed by atoms with Crippen LogP contribution in [0, 0.1) is 0 Å². The van der Waals surface area contributed by atoms with Crippen LogP contribution in [-0.4, -0.2) is 26.9 Å². The van der Waals surface area contributed by atoms with Crippen LogP contribution >= 0.6 is 0 Å². The molecule has 29 heavy (non-hydrogen) atoms. The number of unbranched alkanes of at least 4 members (excludes halogenated alkanes) is 12. The molecule has 2 rings (SSSR count). The van der Waals surface area contributed by atoms with Crippen molar-refractivity contribution in [2.24, 2.45) is 0 Å². The zero-order chi connectivity index (χ0) is 21.1. The molecule has 164 valence electrons. The third-order valence-corrected chi connectivity index (χ3v) is 5.75. The lowest BCUT2D eigenvalue weighted by molar-refractivity contribution is -0.145. The fourth-order valence-corrected chi connectivity index (χ4v) is 4.09. The van der Waals surface area contributed by atoms with Crippen LogP contribution in [0.15, 0.2) is 12.1 Å². The van der Waals surface area contributed by atoms with Crippen LogP contribution in [-0.2, 0) is 0 Å². The lowest BCUT2D eigenvalue weighted by atomic mass is 9.93. The summed E-state index contributed by atoms with van der Waals surface area (Å²) < 4.78 is 5.57. The fourth-order valence-electron chi connectivity index (χ4n) is 4.09. The Labute approximate surface area is 175 Å². The summed E-state index contributed by atoms with van der Waals surface area (Å²) in [4.78, 5) is 12.3. The van der Waals surface area contributed by atoms with Gasteiger partial charge in [0.2, 0.25) is 5.79 Å². The van der Waals surface area contributed by atoms with E-state index in [2.05, 4.69) is 6.92 Å². The minimum Gasteiger partial charge on any atom is -0.508 e. The van der Waals surface area contributed by atoms with Gasteiger partial charge >= 0.3 is 0 Å². The molecule has 5 nitrogen and oxygen atoms in total. The molecular formula is C24H38O5. The van der Waals surface area contributed by atoms with Crippen molar-refractivity contribution in [3.63, 3.8) is 0 Å². The van der Waals surface area contributed by atoms with Gasteiger partial charge < -0.3 is 20.1 Å². The van der Waals surface area contributed by atoms with Crippen LogP contribution in [0.1, 0.15) is 114 Å². The van der Waals surface area contributed by atoms with Gasteiger partial charge in [-0.2, -0.15) is 0 Å². The molecule has 5 heteroatoms. The van der Waals surface area contributed by atoms with E-state index in [0.717, 1.165) is 25.3 Å². The van der Waals surface area contributed by atoms with Gasteiger partial charge in [-0.05, 0) is 6.42 Å². The van der Waals surface area contributed by atoms with Gasteiger partial charge in [0.25, 0.3) is 0 Å². The summed E-state index contributed by atoms with van der Waals surface area (Å²) in [6.07, 6.45) is 16.4. The summed E-state index contributed by atoms with van der Waals surface area (Å²) in [5, 5.41) is 30.1. The summed E-state index contributed by atoms with van der Waals surface area (Å²) in [6.45, 7) is 2.25. The summed E-state index contributed by atoms with van der Waals surface area (Å²) in [7, 11) is 0. The monoisotopic (exact) mass is 406 g/mol. The zero-order valence-corrected chi connectivity index (χ0v) is 17.9. The molecular weight excluding hydrogens is 368 g/mol. The molecule has 0 amide bonds. The third-order valence-electron chi connectivity index (χ3n) is 5.75. The van der Waals surface area contributed by atoms with Crippen LogP contribution in [0.3, 0.4) is 0 Å². The van der Waals surface area contributed by atoms with Gasteiger partial charge in [-0.1, -0.05) is 84.0 Å². The molecule has 1 aliphatic rings. The Morgan fingerprint density at radius 2 is 1.38 bits per heavy atom. The number of benzene rings is 1. The highest BCUT2D eigenvalue weighted by atomic mass is 16.6. The highest BCUT2D eigenvalue weighted by Crippen LogP contribution is 2.41. The van der Waals surface area contributed by atoms with E-state index in [0.29, 0.717) is 6.42 Å². The molecule has 0 bridgehead atoms. The molecule has 3 N–H and O–H groups in total. The van der Waals surface area contributed by atoms with Crippen LogP contribution in [0.4, 0.5) is 0 Å². The summed E-state index contributed by atoms with van der Waals surface area (Å²) in [5.74, 6) is -2.37. The molecule has 0 saturated carbocycles. The summed E-state index contributed by atoms with van der Waals surface area (Å²) in [6, 6.07) is 2.37. The number of phenolic OH excluding ortho intramolecular Hbond substituents is 2. The summed E-state index contributed by atoms with van der Waals surface area (Å²) >= 11 is 0. The number of carbonyl (C=O) groups excluding carboxylic acids is 1. The normalized spacial score (nSPS) is 18.5. The number of carbonyl (C=O) groups is 1. The second kappa shape index (κ2) is 12.1. The van der Waals surface area contributed by atoms with E-state index in [4.69, 9.17) is 4.74 Å². The SMILES string of the molecule is CCCCCCCCCCCCCCCC1(O)CC(=O)c2c(O)cc(O)cc2O1. The van der Waals surface area contributed by atoms with Gasteiger partial charge in [0, 0.05) is 18.6 Å². The number of rotatable bonds is 14. The smallest absolute Gasteiger partial charge is 0.215 e. The molecule has 0 fully saturated rings. The molecule has 0 spiro atoms. The molecule has 0 saturated heterocycles. The molecule has 1 unspecified atom stereocenters. The molecule has 0 radical (unpaired) electrons. The Kier molecular flexibility index (Phi) is 9.79. The molecule has 1 aromatic rings. The maximum absolute atomic E-state index is 12.3. The Hall–Kier alpha value is -1.75. The first kappa shape index (κ1) is 23.5. The van der Waals surface area contributed by atoms with E-state index in [1.807, 2.05) is 0 Å². The predicted octanol–water partition coefficient (Wildman–Crippen LogP) is 6.23. The maximum Gasteiger partial charge on any atom is 0.215 e. The second-order valence-corrected chi connectivity index (χ2v) is 8.48. The Morgan fingerprint density at radius 1 is 0.862 bits per heavy atom. The van der Waals surface area contributed by atoms with E-state index < -0.39 is 5.79 Å². The topological polar surface area (TPSA) is 87.0 Å². The average Bonchev–Trinajstić information content (AvgIpc) is 2.64. The van der Waals surface area contributed by atoms with Gasteiger partial charge in [-0.25, -0.2) is 0 Å². The standard InChI is InChI=1S/C24H38O5/c1-2-3-4-5-6-7-8-9-10-11-12-13-14-15-24(28)18-21(27)23-20(26)16-19(25)17-22(23)29-24/h16-17,25-26,28H,2-15,18H2,1H3. The van der Waals surface area contributed by atoms with Gasteiger partial charge in [0.05, 0.1) is 6.42 Å². The minimum atomic E-state index is -1.55. The Morgan fingerprint density at radius 3 is 1.93 bits per heavy atom. The van der Waals surface area contributed by atoms with Gasteiger partial charge in [-0.3, -0.25) is 4.79 Å². The number of aromatic hydroxyl groups is 2. The maximum atomic E-state index is 12.3. The van der Waals surface area contributed by atoms with Crippen molar-refractivity contribution in [2.75, 3.05) is 0 Å². The number of fused-ring (bicyclic) bond motifs is 1. The minimum absolute atomic E-state index is 0.0397. The number of Topliss-reactive ketones (excluding diaryl/α,β-unsaturated/α-hetero) is 1. The van der Waals surface area contributed by atoms with E-state index in [1.165, 1.54) is 70.3 Å². The number of phenols is 2. The number of hydrogen-bond donors (Lipinski definition) is 3. The van der Waals surface area contributed by atoms with E-state index >= 15 is 0 Å². The first-order valence-electron chi connectivity index (χ1n) is 11.5. The number of aliphatic hydroxyl groups is 1. The quantitative estimate of drug-likeness (QED) is 0.319. The van der Waals surface area contributed by atoms with Crippen LogP contribution < -0.4 is 4.74 Å². The Balaban J connectivity index is 1.57.